The molecule has 0 aliphatic heterocycles. The number of ether oxygens (including phenoxy) is 1. The van der Waals surface area contributed by atoms with E-state index in [1.807, 2.05) is 0 Å². The molecule has 0 aromatic carbocycles. The summed E-state index contributed by atoms with van der Waals surface area (Å²) in [6.07, 6.45) is 0.0632. The zero-order valence-corrected chi connectivity index (χ0v) is 7.30. The van der Waals surface area contributed by atoms with Gasteiger partial charge < -0.3 is 9.84 Å². The zero-order chi connectivity index (χ0) is 8.91. The standard InChI is InChI=1S/C5H12O5S/c1-5(6)9-3-4-10-11(2,7)8/h5-6H,3-4H2,1-2H3. The van der Waals surface area contributed by atoms with Crippen molar-refractivity contribution in [3.63, 3.8) is 0 Å². The van der Waals surface area contributed by atoms with Crippen LogP contribution in [0.15, 0.2) is 0 Å². The van der Waals surface area contributed by atoms with Gasteiger partial charge in [-0.2, -0.15) is 8.42 Å². The monoisotopic (exact) mass is 184 g/mol. The van der Waals surface area contributed by atoms with Gasteiger partial charge in [-0.15, -0.1) is 0 Å². The van der Waals surface area contributed by atoms with Gasteiger partial charge in [-0.3, -0.25) is 4.18 Å². The fourth-order valence-corrected chi connectivity index (χ4v) is 0.775. The van der Waals surface area contributed by atoms with Crippen LogP contribution in [0.2, 0.25) is 0 Å². The summed E-state index contributed by atoms with van der Waals surface area (Å²) >= 11 is 0. The van der Waals surface area contributed by atoms with E-state index in [9.17, 15) is 8.42 Å². The molecule has 11 heavy (non-hydrogen) atoms. The van der Waals surface area contributed by atoms with Crippen LogP contribution in [0.25, 0.3) is 0 Å². The van der Waals surface area contributed by atoms with Gasteiger partial charge in [0, 0.05) is 0 Å². The maximum atomic E-state index is 10.3. The first-order valence-corrected chi connectivity index (χ1v) is 4.87. The van der Waals surface area contributed by atoms with E-state index >= 15 is 0 Å². The van der Waals surface area contributed by atoms with E-state index in [0.717, 1.165) is 6.26 Å². The van der Waals surface area contributed by atoms with E-state index in [2.05, 4.69) is 8.92 Å². The minimum absolute atomic E-state index is 0.0603. The molecular weight excluding hydrogens is 172 g/mol. The molecule has 0 aliphatic rings. The first kappa shape index (κ1) is 10.8. The Labute approximate surface area is 66.1 Å². The Kier molecular flexibility index (Phi) is 4.58. The Morgan fingerprint density at radius 2 is 2.00 bits per heavy atom. The highest BCUT2D eigenvalue weighted by Crippen LogP contribution is 1.88. The van der Waals surface area contributed by atoms with E-state index in [-0.39, 0.29) is 13.2 Å². The maximum Gasteiger partial charge on any atom is 0.264 e. The van der Waals surface area contributed by atoms with E-state index < -0.39 is 16.4 Å². The van der Waals surface area contributed by atoms with Crippen LogP contribution in [0, 0.1) is 0 Å². The second-order valence-corrected chi connectivity index (χ2v) is 3.64. The van der Waals surface area contributed by atoms with E-state index in [0.29, 0.717) is 0 Å². The lowest BCUT2D eigenvalue weighted by atomic mass is 10.7. The number of hydrogen-bond acceptors (Lipinski definition) is 5. The predicted molar refractivity (Wildman–Crippen MR) is 38.4 cm³/mol. The summed E-state index contributed by atoms with van der Waals surface area (Å²) in [7, 11) is -3.38. The summed E-state index contributed by atoms with van der Waals surface area (Å²) in [5.41, 5.74) is 0. The molecule has 5 nitrogen and oxygen atoms in total. The molecule has 0 bridgehead atoms. The molecule has 1 unspecified atom stereocenters. The van der Waals surface area contributed by atoms with Crippen LogP contribution < -0.4 is 0 Å². The molecule has 0 spiro atoms. The van der Waals surface area contributed by atoms with Crippen molar-refractivity contribution in [3.05, 3.63) is 0 Å². The van der Waals surface area contributed by atoms with Crippen molar-refractivity contribution in [2.45, 2.75) is 13.2 Å². The van der Waals surface area contributed by atoms with Crippen molar-refractivity contribution in [1.29, 1.82) is 0 Å². The van der Waals surface area contributed by atoms with Crippen LogP contribution in [0.1, 0.15) is 6.92 Å². The molecule has 0 heterocycles. The Morgan fingerprint density at radius 3 is 2.36 bits per heavy atom. The lowest BCUT2D eigenvalue weighted by molar-refractivity contribution is -0.0910. The molecule has 0 amide bonds. The average molecular weight is 184 g/mol. The summed E-state index contributed by atoms with van der Waals surface area (Å²) in [6.45, 7) is 1.43. The Hall–Kier alpha value is -0.170. The molecule has 0 rings (SSSR count). The van der Waals surface area contributed by atoms with Gasteiger partial charge >= 0.3 is 0 Å². The van der Waals surface area contributed by atoms with Gasteiger partial charge in [0.15, 0.2) is 6.29 Å². The molecule has 0 saturated heterocycles. The van der Waals surface area contributed by atoms with Crippen LogP contribution in [0.3, 0.4) is 0 Å². The second-order valence-electron chi connectivity index (χ2n) is 2.00. The summed E-state index contributed by atoms with van der Waals surface area (Å²) in [4.78, 5) is 0. The van der Waals surface area contributed by atoms with Crippen molar-refractivity contribution >= 4 is 10.1 Å². The van der Waals surface area contributed by atoms with Crippen molar-refractivity contribution < 1.29 is 22.4 Å². The molecule has 0 aromatic heterocycles. The molecular formula is C5H12O5S. The first-order chi connectivity index (χ1) is 4.92. The SMILES string of the molecule is CC(O)OCCOS(C)(=O)=O. The predicted octanol–water partition coefficient (Wildman–Crippen LogP) is -0.682. The van der Waals surface area contributed by atoms with Crippen LogP contribution in [0.4, 0.5) is 0 Å². The minimum Gasteiger partial charge on any atom is -0.368 e. The summed E-state index contributed by atoms with van der Waals surface area (Å²) in [5.74, 6) is 0. The van der Waals surface area contributed by atoms with Crippen molar-refractivity contribution in [3.8, 4) is 0 Å². The Morgan fingerprint density at radius 1 is 1.45 bits per heavy atom. The smallest absolute Gasteiger partial charge is 0.264 e. The van der Waals surface area contributed by atoms with Gasteiger partial charge in [0.1, 0.15) is 0 Å². The highest BCUT2D eigenvalue weighted by Gasteiger charge is 2.01. The molecule has 0 radical (unpaired) electrons. The lowest BCUT2D eigenvalue weighted by Crippen LogP contribution is -2.14. The molecule has 1 N–H and O–H groups in total. The molecule has 1 atom stereocenters. The topological polar surface area (TPSA) is 72.8 Å². The van der Waals surface area contributed by atoms with Gasteiger partial charge in [-0.1, -0.05) is 0 Å². The summed E-state index contributed by atoms with van der Waals surface area (Å²) in [6, 6.07) is 0. The number of aliphatic hydroxyl groups excluding tert-OH is 1. The highest BCUT2D eigenvalue weighted by atomic mass is 32.2. The number of hydrogen-bond donors (Lipinski definition) is 1. The van der Waals surface area contributed by atoms with E-state index in [4.69, 9.17) is 5.11 Å². The third-order valence-electron chi connectivity index (χ3n) is 0.740. The van der Waals surface area contributed by atoms with E-state index in [1.165, 1.54) is 6.92 Å². The van der Waals surface area contributed by atoms with Gasteiger partial charge in [-0.25, -0.2) is 0 Å². The first-order valence-electron chi connectivity index (χ1n) is 3.06. The van der Waals surface area contributed by atoms with Crippen LogP contribution in [-0.4, -0.2) is 39.3 Å². The van der Waals surface area contributed by atoms with Crippen molar-refractivity contribution in [1.82, 2.24) is 0 Å². The fraction of sp³-hybridized carbons (Fsp3) is 1.00. The zero-order valence-electron chi connectivity index (χ0n) is 6.48. The molecule has 68 valence electrons. The Balaban J connectivity index is 3.30. The molecule has 0 fully saturated rings. The van der Waals surface area contributed by atoms with Crippen LogP contribution in [0.5, 0.6) is 0 Å². The normalized spacial score (nSPS) is 14.8. The largest absolute Gasteiger partial charge is 0.368 e. The second kappa shape index (κ2) is 4.66. The van der Waals surface area contributed by atoms with E-state index in [1.54, 1.807) is 0 Å². The third-order valence-corrected chi connectivity index (χ3v) is 1.33. The molecule has 0 aliphatic carbocycles. The summed E-state index contributed by atoms with van der Waals surface area (Å²) < 4.78 is 29.6. The average Bonchev–Trinajstić information content (AvgIpc) is 1.78. The molecule has 0 aromatic rings. The van der Waals surface area contributed by atoms with Gasteiger partial charge in [0.2, 0.25) is 0 Å². The lowest BCUT2D eigenvalue weighted by Gasteiger charge is -2.05. The Bertz CT molecular complexity index is 183. The summed E-state index contributed by atoms with van der Waals surface area (Å²) in [5, 5.41) is 8.55. The quantitative estimate of drug-likeness (QED) is 0.348. The molecule has 0 saturated carbocycles. The number of rotatable bonds is 5. The third kappa shape index (κ3) is 9.83. The van der Waals surface area contributed by atoms with Gasteiger partial charge in [0.25, 0.3) is 10.1 Å². The minimum atomic E-state index is -3.38. The van der Waals surface area contributed by atoms with Gasteiger partial charge in [-0.05, 0) is 6.92 Å². The van der Waals surface area contributed by atoms with Crippen LogP contribution >= 0.6 is 0 Å². The van der Waals surface area contributed by atoms with Crippen molar-refractivity contribution in [2.24, 2.45) is 0 Å². The van der Waals surface area contributed by atoms with Crippen molar-refractivity contribution in [2.75, 3.05) is 19.5 Å². The highest BCUT2D eigenvalue weighted by molar-refractivity contribution is 7.85. The molecule has 6 heteroatoms. The number of aliphatic hydroxyl groups is 1. The fourth-order valence-electron chi connectivity index (χ4n) is 0.404. The maximum absolute atomic E-state index is 10.3. The van der Waals surface area contributed by atoms with Crippen LogP contribution in [-0.2, 0) is 19.0 Å². The van der Waals surface area contributed by atoms with Gasteiger partial charge in [0.05, 0.1) is 19.5 Å².